The number of carboxylic acids is 1. The number of fused-ring (bicyclic) bond motifs is 2. The molecule has 3 atom stereocenters. The first-order chi connectivity index (χ1) is 16.0. The van der Waals surface area contributed by atoms with E-state index in [1.165, 1.54) is 19.4 Å². The molecule has 1 aliphatic heterocycles. The maximum Gasteiger partial charge on any atom is 0.328 e. The Morgan fingerprint density at radius 2 is 1.94 bits per heavy atom. The van der Waals surface area contributed by atoms with Gasteiger partial charge in [0.05, 0.1) is 6.04 Å². The van der Waals surface area contributed by atoms with Gasteiger partial charge in [-0.25, -0.2) is 18.0 Å². The molecular formula is C28H30F3NO2. The summed E-state index contributed by atoms with van der Waals surface area (Å²) in [6, 6.07) is 1.39. The van der Waals surface area contributed by atoms with Crippen molar-refractivity contribution >= 4 is 12.0 Å². The molecule has 6 heteroatoms. The molecule has 180 valence electrons. The summed E-state index contributed by atoms with van der Waals surface area (Å²) < 4.78 is 45.9. The summed E-state index contributed by atoms with van der Waals surface area (Å²) in [5.74, 6) is -2.58. The van der Waals surface area contributed by atoms with Crippen molar-refractivity contribution in [2.75, 3.05) is 6.54 Å². The largest absolute Gasteiger partial charge is 0.478 e. The molecule has 0 spiro atoms. The van der Waals surface area contributed by atoms with Crippen LogP contribution < -0.4 is 0 Å². The minimum Gasteiger partial charge on any atom is -0.478 e. The van der Waals surface area contributed by atoms with Gasteiger partial charge >= 0.3 is 5.97 Å². The number of likely N-dealkylation sites (tertiary alicyclic amines) is 1. The van der Waals surface area contributed by atoms with Crippen molar-refractivity contribution < 1.29 is 23.1 Å². The van der Waals surface area contributed by atoms with Crippen molar-refractivity contribution in [3.63, 3.8) is 0 Å². The smallest absolute Gasteiger partial charge is 0.328 e. The maximum atomic E-state index is 15.5. The van der Waals surface area contributed by atoms with E-state index < -0.39 is 29.3 Å². The van der Waals surface area contributed by atoms with Crippen LogP contribution in [0.2, 0.25) is 0 Å². The third-order valence-corrected chi connectivity index (χ3v) is 6.69. The van der Waals surface area contributed by atoms with Crippen LogP contribution >= 0.6 is 0 Å². The van der Waals surface area contributed by atoms with Gasteiger partial charge in [0.1, 0.15) is 17.3 Å². The number of carbonyl (C=O) groups is 1. The van der Waals surface area contributed by atoms with Crippen molar-refractivity contribution in [1.29, 1.82) is 0 Å². The van der Waals surface area contributed by atoms with Crippen LogP contribution in [-0.4, -0.2) is 34.2 Å². The van der Waals surface area contributed by atoms with E-state index in [2.05, 4.69) is 18.2 Å². The minimum absolute atomic E-state index is 0.0282. The molecular weight excluding hydrogens is 439 g/mol. The Morgan fingerprint density at radius 1 is 1.24 bits per heavy atom. The molecule has 34 heavy (non-hydrogen) atoms. The minimum atomic E-state index is -1.56. The van der Waals surface area contributed by atoms with E-state index in [1.54, 1.807) is 0 Å². The van der Waals surface area contributed by atoms with Gasteiger partial charge in [-0.15, -0.1) is 0 Å². The summed E-state index contributed by atoms with van der Waals surface area (Å²) in [6.07, 6.45) is 14.8. The molecule has 2 aliphatic carbocycles. The summed E-state index contributed by atoms with van der Waals surface area (Å²) in [5.41, 5.74) is 1.56. The van der Waals surface area contributed by atoms with Crippen LogP contribution in [0.15, 0.2) is 65.3 Å². The number of piperidine rings is 1. The van der Waals surface area contributed by atoms with Gasteiger partial charge < -0.3 is 5.11 Å². The lowest BCUT2D eigenvalue weighted by Gasteiger charge is -2.45. The average Bonchev–Trinajstić information content (AvgIpc) is 3.02. The molecule has 0 aromatic heterocycles. The fourth-order valence-electron chi connectivity index (χ4n) is 5.34. The van der Waals surface area contributed by atoms with Gasteiger partial charge in [-0.1, -0.05) is 30.4 Å². The summed E-state index contributed by atoms with van der Waals surface area (Å²) in [5, 5.41) is 8.85. The topological polar surface area (TPSA) is 40.5 Å². The zero-order valence-electron chi connectivity index (χ0n) is 19.7. The molecule has 3 aliphatic rings. The highest BCUT2D eigenvalue weighted by atomic mass is 19.1. The number of alkyl halides is 1. The van der Waals surface area contributed by atoms with E-state index in [-0.39, 0.29) is 29.6 Å². The molecule has 1 fully saturated rings. The Bertz CT molecular complexity index is 1110. The van der Waals surface area contributed by atoms with E-state index in [0.717, 1.165) is 48.3 Å². The molecule has 1 N–H and O–H groups in total. The average molecular weight is 470 g/mol. The predicted octanol–water partition coefficient (Wildman–Crippen LogP) is 6.71. The van der Waals surface area contributed by atoms with Crippen LogP contribution in [0.3, 0.4) is 0 Å². The molecule has 1 aromatic carbocycles. The molecule has 4 rings (SSSR count). The first-order valence-corrected chi connectivity index (χ1v) is 11.7. The zero-order chi connectivity index (χ0) is 24.6. The Hall–Kier alpha value is -2.86. The second-order valence-corrected chi connectivity index (χ2v) is 9.94. The molecule has 0 bridgehead atoms. The number of aliphatic carboxylic acids is 1. The zero-order valence-corrected chi connectivity index (χ0v) is 19.7. The van der Waals surface area contributed by atoms with E-state index in [4.69, 9.17) is 5.11 Å². The number of halogens is 3. The Morgan fingerprint density at radius 3 is 2.59 bits per heavy atom. The van der Waals surface area contributed by atoms with Crippen molar-refractivity contribution in [2.45, 2.75) is 57.8 Å². The Labute approximate surface area is 198 Å². The highest BCUT2D eigenvalue weighted by Crippen LogP contribution is 2.51. The summed E-state index contributed by atoms with van der Waals surface area (Å²) >= 11 is 0. The van der Waals surface area contributed by atoms with E-state index in [9.17, 15) is 9.18 Å². The quantitative estimate of drug-likeness (QED) is 0.488. The Kier molecular flexibility index (Phi) is 6.72. The van der Waals surface area contributed by atoms with Crippen molar-refractivity contribution in [1.82, 2.24) is 4.90 Å². The van der Waals surface area contributed by atoms with E-state index in [0.29, 0.717) is 6.42 Å². The third kappa shape index (κ3) is 4.97. The van der Waals surface area contributed by atoms with Crippen LogP contribution in [0.25, 0.3) is 6.08 Å². The lowest BCUT2D eigenvalue weighted by molar-refractivity contribution is -0.131. The predicted molar refractivity (Wildman–Crippen MR) is 128 cm³/mol. The standard InChI is InChI=1S/C28H30F3NO2/c1-17-12-21-20-9-7-5-4-6-8-19(20)15-22(21)27(32(17)16-28(2,3)31)26-23(29)13-18(14-24(26)30)10-11-25(33)34/h4-5,7,9-11,13-15,17,19,27H,6,8,12,16H2,1-3H3,(H,33,34)/b5-4-,9-7-,11-10+. The van der Waals surface area contributed by atoms with Gasteiger partial charge in [-0.05, 0) is 80.5 Å². The first-order valence-electron chi connectivity index (χ1n) is 11.7. The van der Waals surface area contributed by atoms with Crippen molar-refractivity contribution in [3.8, 4) is 0 Å². The fourth-order valence-corrected chi connectivity index (χ4v) is 5.34. The van der Waals surface area contributed by atoms with Crippen LogP contribution in [-0.2, 0) is 4.79 Å². The molecule has 1 saturated heterocycles. The SMILES string of the molecule is CC1CC2=C3/C=C\C=C/CCC3C=C2C(c2c(F)cc(/C=C/C(=O)O)cc2F)N1CC(C)(C)F. The monoisotopic (exact) mass is 469 g/mol. The number of rotatable bonds is 5. The third-order valence-electron chi connectivity index (χ3n) is 6.69. The van der Waals surface area contributed by atoms with Crippen LogP contribution in [0.5, 0.6) is 0 Å². The molecule has 0 saturated carbocycles. The number of benzene rings is 1. The van der Waals surface area contributed by atoms with Gasteiger partial charge in [0.25, 0.3) is 0 Å². The molecule has 3 unspecified atom stereocenters. The highest BCUT2D eigenvalue weighted by molar-refractivity contribution is 5.85. The highest BCUT2D eigenvalue weighted by Gasteiger charge is 2.43. The van der Waals surface area contributed by atoms with Gasteiger partial charge in [-0.2, -0.15) is 0 Å². The normalized spacial score (nSPS) is 27.1. The molecule has 1 heterocycles. The summed E-state index contributed by atoms with van der Waals surface area (Å²) in [4.78, 5) is 12.7. The van der Waals surface area contributed by atoms with Crippen LogP contribution in [0.4, 0.5) is 13.2 Å². The number of hydrogen-bond donors (Lipinski definition) is 1. The Balaban J connectivity index is 1.86. The van der Waals surface area contributed by atoms with Crippen LogP contribution in [0.1, 0.15) is 57.2 Å². The van der Waals surface area contributed by atoms with Gasteiger partial charge in [0, 0.05) is 30.1 Å². The number of allylic oxidation sites excluding steroid dienone is 6. The van der Waals surface area contributed by atoms with Gasteiger partial charge in [0.2, 0.25) is 0 Å². The lowest BCUT2D eigenvalue weighted by atomic mass is 9.82. The lowest BCUT2D eigenvalue weighted by Crippen LogP contribution is -2.47. The molecule has 0 amide bonds. The maximum absolute atomic E-state index is 15.5. The molecule has 0 radical (unpaired) electrons. The number of hydrogen-bond acceptors (Lipinski definition) is 2. The second-order valence-electron chi connectivity index (χ2n) is 9.94. The second kappa shape index (κ2) is 9.41. The molecule has 1 aromatic rings. The molecule has 3 nitrogen and oxygen atoms in total. The number of carboxylic acid groups (broad SMARTS) is 1. The van der Waals surface area contributed by atoms with Gasteiger partial charge in [-0.3, -0.25) is 4.90 Å². The summed E-state index contributed by atoms with van der Waals surface area (Å²) in [7, 11) is 0. The number of nitrogens with zero attached hydrogens (tertiary/aromatic N) is 1. The van der Waals surface area contributed by atoms with Crippen molar-refractivity contribution in [2.24, 2.45) is 5.92 Å². The fraction of sp³-hybridized carbons (Fsp3) is 0.393. The van der Waals surface area contributed by atoms with Gasteiger partial charge in [0.15, 0.2) is 0 Å². The van der Waals surface area contributed by atoms with Crippen molar-refractivity contribution in [3.05, 3.63) is 88.1 Å². The first kappa shape index (κ1) is 24.3. The van der Waals surface area contributed by atoms with E-state index in [1.807, 2.05) is 24.0 Å². The van der Waals surface area contributed by atoms with Crippen LogP contribution in [0, 0.1) is 17.6 Å². The summed E-state index contributed by atoms with van der Waals surface area (Å²) in [6.45, 7) is 4.95. The van der Waals surface area contributed by atoms with E-state index >= 15 is 8.78 Å².